The van der Waals surface area contributed by atoms with Crippen LogP contribution in [-0.4, -0.2) is 62.1 Å². The first-order chi connectivity index (χ1) is 11.0. The Morgan fingerprint density at radius 3 is 2.65 bits per heavy atom. The summed E-state index contributed by atoms with van der Waals surface area (Å²) in [4.78, 5) is 18.8. The Morgan fingerprint density at radius 1 is 1.26 bits per heavy atom. The van der Waals surface area contributed by atoms with Gasteiger partial charge in [0.15, 0.2) is 0 Å². The molecule has 1 unspecified atom stereocenters. The third-order valence-corrected chi connectivity index (χ3v) is 5.09. The minimum atomic E-state index is -0.0274. The number of likely N-dealkylation sites (tertiary alicyclic amines) is 2. The van der Waals surface area contributed by atoms with Gasteiger partial charge in [-0.2, -0.15) is 0 Å². The molecule has 0 spiro atoms. The number of hydrogen-bond acceptors (Lipinski definition) is 3. The number of benzene rings is 1. The van der Waals surface area contributed by atoms with Gasteiger partial charge in [0, 0.05) is 38.9 Å². The molecule has 23 heavy (non-hydrogen) atoms. The normalized spacial score (nSPS) is 21.7. The third-order valence-electron chi connectivity index (χ3n) is 4.79. The van der Waals surface area contributed by atoms with Crippen LogP contribution < -0.4 is 10.2 Å². The van der Waals surface area contributed by atoms with Crippen LogP contribution in [0.4, 0.5) is 16.2 Å². The van der Waals surface area contributed by atoms with Crippen LogP contribution >= 0.6 is 11.6 Å². The Kier molecular flexibility index (Phi) is 4.97. The van der Waals surface area contributed by atoms with Gasteiger partial charge in [-0.25, -0.2) is 4.79 Å². The minimum Gasteiger partial charge on any atom is -0.376 e. The summed E-state index contributed by atoms with van der Waals surface area (Å²) < 4.78 is 0. The number of nitrogens with zero attached hydrogens (tertiary/aromatic N) is 3. The van der Waals surface area contributed by atoms with Crippen LogP contribution in [0.3, 0.4) is 0 Å². The fourth-order valence-electron chi connectivity index (χ4n) is 3.48. The molecule has 0 aliphatic carbocycles. The van der Waals surface area contributed by atoms with Crippen LogP contribution in [0.15, 0.2) is 18.2 Å². The molecule has 2 aliphatic rings. The summed E-state index contributed by atoms with van der Waals surface area (Å²) in [5.74, 6) is 0. The zero-order valence-corrected chi connectivity index (χ0v) is 14.6. The van der Waals surface area contributed by atoms with Crippen LogP contribution in [0.2, 0.25) is 5.02 Å². The van der Waals surface area contributed by atoms with E-state index in [1.54, 1.807) is 0 Å². The summed E-state index contributed by atoms with van der Waals surface area (Å²) in [6.45, 7) is 4.02. The molecule has 6 heteroatoms. The number of rotatable bonds is 3. The van der Waals surface area contributed by atoms with Crippen molar-refractivity contribution in [3.63, 3.8) is 0 Å². The average Bonchev–Trinajstić information content (AvgIpc) is 3.18. The van der Waals surface area contributed by atoms with Crippen molar-refractivity contribution in [3.8, 4) is 0 Å². The maximum atomic E-state index is 12.4. The van der Waals surface area contributed by atoms with Gasteiger partial charge in [0.2, 0.25) is 0 Å². The maximum absolute atomic E-state index is 12.4. The monoisotopic (exact) mass is 336 g/mol. The number of amides is 2. The largest absolute Gasteiger partial charge is 0.376 e. The smallest absolute Gasteiger partial charge is 0.321 e. The Morgan fingerprint density at radius 2 is 2.00 bits per heavy atom. The molecule has 2 heterocycles. The fourth-order valence-corrected chi connectivity index (χ4v) is 3.83. The summed E-state index contributed by atoms with van der Waals surface area (Å²) in [6.07, 6.45) is 3.66. The quantitative estimate of drug-likeness (QED) is 0.921. The number of carbonyl (C=O) groups excluding carboxylic acids is 1. The fraction of sp³-hybridized carbons (Fsp3) is 0.588. The summed E-state index contributed by atoms with van der Waals surface area (Å²) in [7, 11) is 3.89. The molecule has 2 aliphatic heterocycles. The molecule has 126 valence electrons. The van der Waals surface area contributed by atoms with Gasteiger partial charge in [-0.1, -0.05) is 11.6 Å². The van der Waals surface area contributed by atoms with Crippen molar-refractivity contribution < 1.29 is 4.79 Å². The van der Waals surface area contributed by atoms with Gasteiger partial charge >= 0.3 is 6.03 Å². The van der Waals surface area contributed by atoms with Gasteiger partial charge in [-0.05, 0) is 50.6 Å². The number of urea groups is 1. The molecular weight excluding hydrogens is 312 g/mol. The highest BCUT2D eigenvalue weighted by atomic mass is 35.5. The van der Waals surface area contributed by atoms with E-state index in [9.17, 15) is 4.79 Å². The lowest BCUT2D eigenvalue weighted by Gasteiger charge is -2.24. The number of nitrogens with one attached hydrogen (secondary N) is 1. The first kappa shape index (κ1) is 16.4. The van der Waals surface area contributed by atoms with Crippen molar-refractivity contribution in [2.75, 3.05) is 50.5 Å². The molecule has 1 aromatic carbocycles. The van der Waals surface area contributed by atoms with Gasteiger partial charge in [0.05, 0.1) is 10.7 Å². The van der Waals surface area contributed by atoms with Crippen molar-refractivity contribution in [2.24, 2.45) is 0 Å². The van der Waals surface area contributed by atoms with E-state index in [0.29, 0.717) is 11.1 Å². The van der Waals surface area contributed by atoms with Crippen molar-refractivity contribution in [1.82, 2.24) is 9.80 Å². The summed E-state index contributed by atoms with van der Waals surface area (Å²) in [6, 6.07) is 6.13. The Bertz CT molecular complexity index is 572. The molecule has 5 nitrogen and oxygen atoms in total. The SMILES string of the molecule is CN(C)c1ccc(NC(=O)N2CCC(N3CCCC3)C2)cc1Cl. The van der Waals surface area contributed by atoms with E-state index in [-0.39, 0.29) is 6.03 Å². The Hall–Kier alpha value is -1.46. The first-order valence-corrected chi connectivity index (χ1v) is 8.69. The van der Waals surface area contributed by atoms with Crippen LogP contribution in [0.5, 0.6) is 0 Å². The lowest BCUT2D eigenvalue weighted by Crippen LogP contribution is -2.38. The average molecular weight is 337 g/mol. The van der Waals surface area contributed by atoms with Gasteiger partial charge in [-0.15, -0.1) is 0 Å². The maximum Gasteiger partial charge on any atom is 0.321 e. The zero-order valence-electron chi connectivity index (χ0n) is 13.9. The topological polar surface area (TPSA) is 38.8 Å². The van der Waals surface area contributed by atoms with E-state index in [0.717, 1.165) is 30.9 Å². The van der Waals surface area contributed by atoms with Crippen LogP contribution in [0.1, 0.15) is 19.3 Å². The van der Waals surface area contributed by atoms with Crippen LogP contribution in [0.25, 0.3) is 0 Å². The molecule has 2 fully saturated rings. The molecule has 0 radical (unpaired) electrons. The van der Waals surface area contributed by atoms with Gasteiger partial charge in [0.1, 0.15) is 0 Å². The number of anilines is 2. The second-order valence-electron chi connectivity index (χ2n) is 6.62. The van der Waals surface area contributed by atoms with E-state index in [1.807, 2.05) is 42.1 Å². The summed E-state index contributed by atoms with van der Waals surface area (Å²) in [5, 5.41) is 3.61. The molecule has 2 amide bonds. The lowest BCUT2D eigenvalue weighted by molar-refractivity contribution is 0.210. The second-order valence-corrected chi connectivity index (χ2v) is 7.03. The predicted molar refractivity (Wildman–Crippen MR) is 95.6 cm³/mol. The van der Waals surface area contributed by atoms with Crippen molar-refractivity contribution in [3.05, 3.63) is 23.2 Å². The number of carbonyl (C=O) groups is 1. The molecule has 3 rings (SSSR count). The Labute approximate surface area is 143 Å². The predicted octanol–water partition coefficient (Wildman–Crippen LogP) is 3.11. The van der Waals surface area contributed by atoms with E-state index in [1.165, 1.54) is 25.9 Å². The minimum absolute atomic E-state index is 0.0274. The van der Waals surface area contributed by atoms with Gasteiger partial charge in [-0.3, -0.25) is 4.90 Å². The molecule has 0 bridgehead atoms. The zero-order chi connectivity index (χ0) is 16.4. The van der Waals surface area contributed by atoms with Crippen molar-refractivity contribution >= 4 is 29.0 Å². The molecule has 0 saturated carbocycles. The standard InChI is InChI=1S/C17H25ClN4O/c1-20(2)16-6-5-13(11-15(16)18)19-17(23)22-10-7-14(12-22)21-8-3-4-9-21/h5-6,11,14H,3-4,7-10,12H2,1-2H3,(H,19,23). The highest BCUT2D eigenvalue weighted by Crippen LogP contribution is 2.28. The number of halogens is 1. The first-order valence-electron chi connectivity index (χ1n) is 8.31. The van der Waals surface area contributed by atoms with Gasteiger partial charge in [0.25, 0.3) is 0 Å². The molecule has 2 saturated heterocycles. The molecule has 1 N–H and O–H groups in total. The van der Waals surface area contributed by atoms with Crippen LogP contribution in [0, 0.1) is 0 Å². The summed E-state index contributed by atoms with van der Waals surface area (Å²) >= 11 is 6.26. The lowest BCUT2D eigenvalue weighted by atomic mass is 10.2. The van der Waals surface area contributed by atoms with E-state index in [4.69, 9.17) is 11.6 Å². The van der Waals surface area contributed by atoms with E-state index >= 15 is 0 Å². The molecule has 1 aromatic rings. The molecule has 1 atom stereocenters. The number of hydrogen-bond donors (Lipinski definition) is 1. The highest BCUT2D eigenvalue weighted by Gasteiger charge is 2.31. The molecule has 0 aromatic heterocycles. The highest BCUT2D eigenvalue weighted by molar-refractivity contribution is 6.33. The third kappa shape index (κ3) is 3.72. The van der Waals surface area contributed by atoms with Crippen molar-refractivity contribution in [1.29, 1.82) is 0 Å². The molecular formula is C17H25ClN4O. The van der Waals surface area contributed by atoms with E-state index in [2.05, 4.69) is 10.2 Å². The van der Waals surface area contributed by atoms with Crippen molar-refractivity contribution in [2.45, 2.75) is 25.3 Å². The van der Waals surface area contributed by atoms with Crippen LogP contribution in [-0.2, 0) is 0 Å². The Balaban J connectivity index is 1.58. The summed E-state index contributed by atoms with van der Waals surface area (Å²) in [5.41, 5.74) is 1.69. The van der Waals surface area contributed by atoms with Gasteiger partial charge < -0.3 is 15.1 Å². The second kappa shape index (κ2) is 6.97. The van der Waals surface area contributed by atoms with E-state index < -0.39 is 0 Å².